The highest BCUT2D eigenvalue weighted by Crippen LogP contribution is 2.18. The highest BCUT2D eigenvalue weighted by molar-refractivity contribution is 6.37. The zero-order valence-electron chi connectivity index (χ0n) is 5.84. The van der Waals surface area contributed by atoms with Gasteiger partial charge >= 0.3 is 0 Å². The van der Waals surface area contributed by atoms with Gasteiger partial charge in [0.1, 0.15) is 5.69 Å². The van der Waals surface area contributed by atoms with Crippen LogP contribution < -0.4 is 0 Å². The van der Waals surface area contributed by atoms with Crippen molar-refractivity contribution in [3.8, 4) is 12.3 Å². The molecule has 0 N–H and O–H groups in total. The lowest BCUT2D eigenvalue weighted by Crippen LogP contribution is -1.99. The van der Waals surface area contributed by atoms with E-state index in [1.807, 2.05) is 5.92 Å². The van der Waals surface area contributed by atoms with Crippen molar-refractivity contribution in [1.29, 1.82) is 0 Å². The average molecular weight is 200 g/mol. The van der Waals surface area contributed by atoms with Crippen molar-refractivity contribution in [2.75, 3.05) is 0 Å². The van der Waals surface area contributed by atoms with Crippen LogP contribution in [0.15, 0.2) is 12.3 Å². The minimum atomic E-state index is -0.545. The van der Waals surface area contributed by atoms with Crippen molar-refractivity contribution < 1.29 is 4.79 Å². The molecule has 0 amide bonds. The molecule has 0 saturated carbocycles. The number of pyridine rings is 1. The first kappa shape index (κ1) is 9.05. The number of hydrogen-bond donors (Lipinski definition) is 0. The van der Waals surface area contributed by atoms with Crippen molar-refractivity contribution in [3.63, 3.8) is 0 Å². The van der Waals surface area contributed by atoms with Crippen molar-refractivity contribution in [2.24, 2.45) is 0 Å². The molecule has 4 heteroatoms. The number of halogens is 2. The van der Waals surface area contributed by atoms with E-state index in [1.165, 1.54) is 12.3 Å². The average Bonchev–Trinajstić information content (AvgIpc) is 2.03. The molecule has 0 aromatic carbocycles. The molecule has 0 aliphatic heterocycles. The van der Waals surface area contributed by atoms with Gasteiger partial charge in [-0.25, -0.2) is 4.98 Å². The van der Waals surface area contributed by atoms with Gasteiger partial charge in [-0.1, -0.05) is 23.2 Å². The fourth-order valence-corrected chi connectivity index (χ4v) is 1.12. The first-order valence-corrected chi connectivity index (χ1v) is 3.72. The molecular weight excluding hydrogens is 197 g/mol. The Morgan fingerprint density at radius 3 is 2.75 bits per heavy atom. The van der Waals surface area contributed by atoms with Crippen molar-refractivity contribution >= 4 is 29.0 Å². The largest absolute Gasteiger partial charge is 0.277 e. The van der Waals surface area contributed by atoms with Crippen LogP contribution in [-0.4, -0.2) is 10.8 Å². The number of hydrogen-bond acceptors (Lipinski definition) is 2. The summed E-state index contributed by atoms with van der Waals surface area (Å²) in [5, 5.41) is 0.541. The lowest BCUT2D eigenvalue weighted by atomic mass is 10.2. The summed E-state index contributed by atoms with van der Waals surface area (Å²) in [5.74, 6) is 1.37. The van der Waals surface area contributed by atoms with Gasteiger partial charge < -0.3 is 0 Å². The van der Waals surface area contributed by atoms with Gasteiger partial charge in [0.25, 0.3) is 5.78 Å². The molecular formula is C8H3Cl2NO. The summed E-state index contributed by atoms with van der Waals surface area (Å²) in [6.07, 6.45) is 6.20. The molecule has 0 spiro atoms. The van der Waals surface area contributed by atoms with Gasteiger partial charge in [0, 0.05) is 6.20 Å². The number of rotatable bonds is 1. The van der Waals surface area contributed by atoms with Crippen LogP contribution in [0, 0.1) is 12.3 Å². The molecule has 0 atom stereocenters. The second-order valence-electron chi connectivity index (χ2n) is 1.96. The van der Waals surface area contributed by atoms with Crippen LogP contribution in [0.2, 0.25) is 10.0 Å². The molecule has 0 radical (unpaired) electrons. The Kier molecular flexibility index (Phi) is 2.69. The molecule has 0 fully saturated rings. The Labute approximate surface area is 79.5 Å². The molecule has 1 aromatic rings. The normalized spacial score (nSPS) is 9.08. The summed E-state index contributed by atoms with van der Waals surface area (Å²) in [6, 6.07) is 1.42. The number of carbonyl (C=O) groups excluding carboxylic acids is 1. The third-order valence-corrected chi connectivity index (χ3v) is 1.65. The molecule has 1 heterocycles. The molecule has 0 unspecified atom stereocenters. The summed E-state index contributed by atoms with van der Waals surface area (Å²) in [7, 11) is 0. The standard InChI is InChI=1S/C8H3Cl2NO/c1-2-7(12)8-6(10)3-5(9)4-11-8/h1,3-4H. The van der Waals surface area contributed by atoms with Crippen LogP contribution in [0.5, 0.6) is 0 Å². The topological polar surface area (TPSA) is 30.0 Å². The van der Waals surface area contributed by atoms with Gasteiger partial charge in [-0.2, -0.15) is 0 Å². The minimum Gasteiger partial charge on any atom is -0.277 e. The molecule has 0 bridgehead atoms. The maximum Gasteiger partial charge on any atom is 0.255 e. The van der Waals surface area contributed by atoms with Gasteiger partial charge in [-0.15, -0.1) is 6.42 Å². The predicted molar refractivity (Wildman–Crippen MR) is 47.4 cm³/mol. The fourth-order valence-electron chi connectivity index (χ4n) is 0.650. The molecule has 2 nitrogen and oxygen atoms in total. The number of aromatic nitrogens is 1. The van der Waals surface area contributed by atoms with Gasteiger partial charge in [0.2, 0.25) is 0 Å². The lowest BCUT2D eigenvalue weighted by molar-refractivity contribution is 0.105. The number of carbonyl (C=O) groups is 1. The molecule has 0 aliphatic carbocycles. The van der Waals surface area contributed by atoms with Crippen LogP contribution >= 0.6 is 23.2 Å². The van der Waals surface area contributed by atoms with Crippen LogP contribution in [0.1, 0.15) is 10.5 Å². The third-order valence-electron chi connectivity index (χ3n) is 1.15. The second-order valence-corrected chi connectivity index (χ2v) is 2.80. The van der Waals surface area contributed by atoms with E-state index in [4.69, 9.17) is 29.6 Å². The summed E-state index contributed by atoms with van der Waals surface area (Å²) in [4.78, 5) is 14.6. The minimum absolute atomic E-state index is 0.0589. The van der Waals surface area contributed by atoms with E-state index in [9.17, 15) is 4.79 Å². The van der Waals surface area contributed by atoms with E-state index in [-0.39, 0.29) is 10.7 Å². The van der Waals surface area contributed by atoms with Gasteiger partial charge in [0.15, 0.2) is 0 Å². The lowest BCUT2D eigenvalue weighted by Gasteiger charge is -1.96. The Morgan fingerprint density at radius 1 is 1.58 bits per heavy atom. The Morgan fingerprint density at radius 2 is 2.25 bits per heavy atom. The Hall–Kier alpha value is -1.04. The van der Waals surface area contributed by atoms with Crippen LogP contribution in [0.4, 0.5) is 0 Å². The molecule has 1 rings (SSSR count). The zero-order valence-corrected chi connectivity index (χ0v) is 7.36. The quantitative estimate of drug-likeness (QED) is 0.395. The number of ketones is 1. The van der Waals surface area contributed by atoms with Crippen molar-refractivity contribution in [3.05, 3.63) is 28.0 Å². The maximum absolute atomic E-state index is 10.9. The summed E-state index contributed by atoms with van der Waals surface area (Å²) in [6.45, 7) is 0. The van der Waals surface area contributed by atoms with Crippen LogP contribution in [-0.2, 0) is 0 Å². The number of Topliss-reactive ketones (excluding diaryl/α,β-unsaturated/α-hetero) is 1. The monoisotopic (exact) mass is 199 g/mol. The van der Waals surface area contributed by atoms with E-state index in [2.05, 4.69) is 4.98 Å². The van der Waals surface area contributed by atoms with Gasteiger partial charge in [-0.05, 0) is 12.0 Å². The van der Waals surface area contributed by atoms with E-state index >= 15 is 0 Å². The van der Waals surface area contributed by atoms with Gasteiger partial charge in [0.05, 0.1) is 10.0 Å². The van der Waals surface area contributed by atoms with E-state index in [1.54, 1.807) is 0 Å². The molecule has 12 heavy (non-hydrogen) atoms. The summed E-state index contributed by atoms with van der Waals surface area (Å²) in [5.41, 5.74) is 0.0589. The number of terminal acetylenes is 1. The molecule has 1 aromatic heterocycles. The first-order valence-electron chi connectivity index (χ1n) is 2.97. The Balaban J connectivity index is 3.20. The summed E-state index contributed by atoms with van der Waals surface area (Å²) >= 11 is 11.2. The van der Waals surface area contributed by atoms with Gasteiger partial charge in [-0.3, -0.25) is 4.79 Å². The molecule has 0 saturated heterocycles. The molecule has 0 aliphatic rings. The van der Waals surface area contributed by atoms with Crippen LogP contribution in [0.25, 0.3) is 0 Å². The Bertz CT molecular complexity index is 368. The van der Waals surface area contributed by atoms with E-state index in [0.717, 1.165) is 0 Å². The van der Waals surface area contributed by atoms with E-state index < -0.39 is 5.78 Å². The third kappa shape index (κ3) is 1.76. The fraction of sp³-hybridized carbons (Fsp3) is 0. The first-order chi connectivity index (χ1) is 5.65. The predicted octanol–water partition coefficient (Wildman–Crippen LogP) is 2.20. The highest BCUT2D eigenvalue weighted by atomic mass is 35.5. The maximum atomic E-state index is 10.9. The van der Waals surface area contributed by atoms with Crippen molar-refractivity contribution in [2.45, 2.75) is 0 Å². The second kappa shape index (κ2) is 3.57. The highest BCUT2D eigenvalue weighted by Gasteiger charge is 2.08. The molecule has 60 valence electrons. The van der Waals surface area contributed by atoms with Crippen LogP contribution in [0.3, 0.4) is 0 Å². The summed E-state index contributed by atoms with van der Waals surface area (Å²) < 4.78 is 0. The number of nitrogens with zero attached hydrogens (tertiary/aromatic N) is 1. The van der Waals surface area contributed by atoms with E-state index in [0.29, 0.717) is 5.02 Å². The SMILES string of the molecule is C#CC(=O)c1ncc(Cl)cc1Cl. The van der Waals surface area contributed by atoms with Crippen molar-refractivity contribution in [1.82, 2.24) is 4.98 Å². The smallest absolute Gasteiger partial charge is 0.255 e. The zero-order chi connectivity index (χ0) is 9.14.